The largest absolute Gasteiger partial charge is 0.366 e. The summed E-state index contributed by atoms with van der Waals surface area (Å²) >= 11 is 0. The van der Waals surface area contributed by atoms with Gasteiger partial charge in [-0.05, 0) is 63.0 Å². The number of piperidine rings is 1. The van der Waals surface area contributed by atoms with Crippen molar-refractivity contribution in [1.29, 1.82) is 0 Å². The molecule has 4 N–H and O–H groups in total. The molecule has 1 saturated heterocycles. The second-order valence-corrected chi connectivity index (χ2v) is 5.47. The number of primary amides is 1. The van der Waals surface area contributed by atoms with Crippen molar-refractivity contribution >= 4 is 5.91 Å². The Kier molecular flexibility index (Phi) is 5.09. The molecular formula is C15H22FN3O. The minimum atomic E-state index is -0.520. The number of halogens is 1. The Hall–Kier alpha value is -1.46. The smallest absolute Gasteiger partial charge is 0.248 e. The fourth-order valence-corrected chi connectivity index (χ4v) is 2.76. The molecule has 110 valence electrons. The van der Waals surface area contributed by atoms with E-state index in [1.54, 1.807) is 6.07 Å². The predicted octanol–water partition coefficient (Wildman–Crippen LogP) is 1.49. The zero-order chi connectivity index (χ0) is 14.5. The second-order valence-electron chi connectivity index (χ2n) is 5.47. The molecule has 1 fully saturated rings. The molecule has 1 amide bonds. The maximum Gasteiger partial charge on any atom is 0.248 e. The summed E-state index contributed by atoms with van der Waals surface area (Å²) in [6.45, 7) is 3.16. The topological polar surface area (TPSA) is 72.3 Å². The van der Waals surface area contributed by atoms with E-state index in [2.05, 4.69) is 4.90 Å². The number of nitrogens with two attached hydrogens (primary N) is 2. The van der Waals surface area contributed by atoms with Crippen molar-refractivity contribution in [3.05, 3.63) is 35.1 Å². The number of hydrogen-bond donors (Lipinski definition) is 2. The molecule has 1 aliphatic rings. The van der Waals surface area contributed by atoms with Gasteiger partial charge < -0.3 is 11.5 Å². The van der Waals surface area contributed by atoms with Gasteiger partial charge in [-0.15, -0.1) is 0 Å². The molecule has 0 unspecified atom stereocenters. The first kappa shape index (κ1) is 14.9. The van der Waals surface area contributed by atoms with Crippen LogP contribution in [0.1, 0.15) is 35.2 Å². The Bertz CT molecular complexity index is 470. The lowest BCUT2D eigenvalue weighted by Gasteiger charge is -2.31. The van der Waals surface area contributed by atoms with Gasteiger partial charge in [-0.25, -0.2) is 4.39 Å². The van der Waals surface area contributed by atoms with Crippen LogP contribution in [-0.4, -0.2) is 30.4 Å². The quantitative estimate of drug-likeness (QED) is 0.857. The molecule has 0 aliphatic carbocycles. The van der Waals surface area contributed by atoms with Gasteiger partial charge in [-0.2, -0.15) is 0 Å². The van der Waals surface area contributed by atoms with Crippen molar-refractivity contribution in [2.24, 2.45) is 17.4 Å². The van der Waals surface area contributed by atoms with Gasteiger partial charge in [-0.1, -0.05) is 0 Å². The molecule has 0 radical (unpaired) electrons. The van der Waals surface area contributed by atoms with E-state index in [1.165, 1.54) is 12.1 Å². The number of amides is 1. The second kappa shape index (κ2) is 6.81. The Labute approximate surface area is 118 Å². The van der Waals surface area contributed by atoms with Crippen molar-refractivity contribution in [2.45, 2.75) is 25.8 Å². The third kappa shape index (κ3) is 3.77. The lowest BCUT2D eigenvalue weighted by molar-refractivity contribution is 0.1000. The molecule has 0 bridgehead atoms. The summed E-state index contributed by atoms with van der Waals surface area (Å²) in [7, 11) is 0. The molecule has 0 saturated carbocycles. The predicted molar refractivity (Wildman–Crippen MR) is 76.6 cm³/mol. The molecule has 1 aliphatic heterocycles. The summed E-state index contributed by atoms with van der Waals surface area (Å²) in [6, 6.07) is 4.30. The van der Waals surface area contributed by atoms with Crippen LogP contribution >= 0.6 is 0 Å². The van der Waals surface area contributed by atoms with E-state index in [9.17, 15) is 9.18 Å². The van der Waals surface area contributed by atoms with Crippen LogP contribution in [0.5, 0.6) is 0 Å². The molecule has 0 atom stereocenters. The monoisotopic (exact) mass is 279 g/mol. The summed E-state index contributed by atoms with van der Waals surface area (Å²) < 4.78 is 13.8. The van der Waals surface area contributed by atoms with Crippen molar-refractivity contribution in [3.63, 3.8) is 0 Å². The van der Waals surface area contributed by atoms with Crippen LogP contribution < -0.4 is 11.5 Å². The maximum atomic E-state index is 13.8. The summed E-state index contributed by atoms with van der Waals surface area (Å²) in [5.41, 5.74) is 11.7. The van der Waals surface area contributed by atoms with E-state index in [4.69, 9.17) is 11.5 Å². The number of rotatable bonds is 5. The first-order valence-electron chi connectivity index (χ1n) is 7.11. The van der Waals surface area contributed by atoms with E-state index in [-0.39, 0.29) is 5.82 Å². The van der Waals surface area contributed by atoms with Gasteiger partial charge in [0.25, 0.3) is 0 Å². The zero-order valence-electron chi connectivity index (χ0n) is 11.6. The Morgan fingerprint density at radius 3 is 2.65 bits per heavy atom. The van der Waals surface area contributed by atoms with Crippen molar-refractivity contribution in [1.82, 2.24) is 4.90 Å². The number of hydrogen-bond acceptors (Lipinski definition) is 3. The summed E-state index contributed by atoms with van der Waals surface area (Å²) in [4.78, 5) is 13.4. The number of carbonyl (C=O) groups is 1. The Balaban J connectivity index is 1.97. The highest BCUT2D eigenvalue weighted by Gasteiger charge is 2.19. The van der Waals surface area contributed by atoms with Gasteiger partial charge in [0.15, 0.2) is 0 Å². The highest BCUT2D eigenvalue weighted by Crippen LogP contribution is 2.22. The molecule has 1 aromatic carbocycles. The van der Waals surface area contributed by atoms with E-state index in [0.717, 1.165) is 38.9 Å². The summed E-state index contributed by atoms with van der Waals surface area (Å²) in [6.07, 6.45) is 3.28. The van der Waals surface area contributed by atoms with Gasteiger partial charge in [0.1, 0.15) is 5.82 Å². The van der Waals surface area contributed by atoms with Gasteiger partial charge in [0.05, 0.1) is 0 Å². The lowest BCUT2D eigenvalue weighted by Crippen LogP contribution is -2.34. The third-order valence-corrected chi connectivity index (χ3v) is 4.01. The average Bonchev–Trinajstić information content (AvgIpc) is 2.43. The number of carbonyl (C=O) groups excluding carboxylic acids is 1. The maximum absolute atomic E-state index is 13.8. The van der Waals surface area contributed by atoms with Gasteiger partial charge in [0.2, 0.25) is 5.91 Å². The van der Waals surface area contributed by atoms with Gasteiger partial charge >= 0.3 is 0 Å². The Morgan fingerprint density at radius 2 is 2.05 bits per heavy atom. The fourth-order valence-electron chi connectivity index (χ4n) is 2.76. The van der Waals surface area contributed by atoms with Crippen LogP contribution in [0, 0.1) is 11.7 Å². The molecule has 0 spiro atoms. The van der Waals surface area contributed by atoms with E-state index >= 15 is 0 Å². The first-order valence-corrected chi connectivity index (χ1v) is 7.11. The van der Waals surface area contributed by atoms with Gasteiger partial charge in [0, 0.05) is 17.7 Å². The molecular weight excluding hydrogens is 257 g/mol. The minimum Gasteiger partial charge on any atom is -0.366 e. The molecule has 2 rings (SSSR count). The van der Waals surface area contributed by atoms with Crippen LogP contribution in [0.15, 0.2) is 18.2 Å². The third-order valence-electron chi connectivity index (χ3n) is 4.01. The molecule has 5 heteroatoms. The van der Waals surface area contributed by atoms with Crippen LogP contribution in [0.25, 0.3) is 0 Å². The highest BCUT2D eigenvalue weighted by molar-refractivity contribution is 5.92. The molecule has 20 heavy (non-hydrogen) atoms. The number of likely N-dealkylation sites (tertiary alicyclic amines) is 1. The van der Waals surface area contributed by atoms with E-state index in [1.807, 2.05) is 0 Å². The molecule has 0 aromatic heterocycles. The highest BCUT2D eigenvalue weighted by atomic mass is 19.1. The van der Waals surface area contributed by atoms with Crippen molar-refractivity contribution in [2.75, 3.05) is 19.6 Å². The zero-order valence-corrected chi connectivity index (χ0v) is 11.6. The van der Waals surface area contributed by atoms with Crippen molar-refractivity contribution in [3.8, 4) is 0 Å². The fraction of sp³-hybridized carbons (Fsp3) is 0.533. The summed E-state index contributed by atoms with van der Waals surface area (Å²) in [5.74, 6) is -0.106. The molecule has 4 nitrogen and oxygen atoms in total. The SMILES string of the molecule is NCCC1CCN(Cc2cc(C(N)=O)ccc2F)CC1. The van der Waals surface area contributed by atoms with Crippen LogP contribution in [0.4, 0.5) is 4.39 Å². The molecule has 1 aromatic rings. The summed E-state index contributed by atoms with van der Waals surface area (Å²) in [5, 5.41) is 0. The standard InChI is InChI=1S/C15H22FN3O/c16-14-2-1-12(15(18)20)9-13(14)10-19-7-4-11(3-6-17)5-8-19/h1-2,9,11H,3-8,10,17H2,(H2,18,20). The van der Waals surface area contributed by atoms with E-state index in [0.29, 0.717) is 23.6 Å². The number of benzene rings is 1. The van der Waals surface area contributed by atoms with Gasteiger partial charge in [-0.3, -0.25) is 9.69 Å². The molecule has 1 heterocycles. The first-order chi connectivity index (χ1) is 9.60. The Morgan fingerprint density at radius 1 is 1.35 bits per heavy atom. The minimum absolute atomic E-state index is 0.279. The van der Waals surface area contributed by atoms with Crippen molar-refractivity contribution < 1.29 is 9.18 Å². The average molecular weight is 279 g/mol. The van der Waals surface area contributed by atoms with Crippen LogP contribution in [0.3, 0.4) is 0 Å². The normalized spacial score (nSPS) is 17.3. The van der Waals surface area contributed by atoms with Crippen LogP contribution in [0.2, 0.25) is 0 Å². The number of nitrogens with zero attached hydrogens (tertiary/aromatic N) is 1. The van der Waals surface area contributed by atoms with E-state index < -0.39 is 5.91 Å². The lowest BCUT2D eigenvalue weighted by atomic mass is 9.93. The van der Waals surface area contributed by atoms with Crippen LogP contribution in [-0.2, 0) is 6.54 Å².